The molecule has 0 aliphatic carbocycles. The molecule has 0 radical (unpaired) electrons. The van der Waals surface area contributed by atoms with Gasteiger partial charge in [0.25, 0.3) is 5.56 Å². The average Bonchev–Trinajstić information content (AvgIpc) is 2.85. The highest BCUT2D eigenvalue weighted by atomic mass is 16.5. The number of piperidine rings is 1. The number of nitrogens with one attached hydrogen (secondary N) is 1. The van der Waals surface area contributed by atoms with Gasteiger partial charge in [-0.05, 0) is 59.0 Å². The molecule has 1 aliphatic rings. The van der Waals surface area contributed by atoms with E-state index in [1.54, 1.807) is 19.4 Å². The van der Waals surface area contributed by atoms with Gasteiger partial charge in [0.05, 0.1) is 24.4 Å². The zero-order valence-electron chi connectivity index (χ0n) is 21.1. The number of aromatic nitrogens is 3. The zero-order valence-corrected chi connectivity index (χ0v) is 21.1. The third-order valence-electron chi connectivity index (χ3n) is 6.43. The molecular weight excluding hydrogens is 444 g/mol. The molecule has 2 aromatic heterocycles. The lowest BCUT2D eigenvalue weighted by atomic mass is 10.0. The summed E-state index contributed by atoms with van der Waals surface area (Å²) in [5.74, 6) is 0.772. The number of ether oxygens (including phenoxy) is 1. The van der Waals surface area contributed by atoms with Crippen LogP contribution in [-0.2, 0) is 11.3 Å². The lowest BCUT2D eigenvalue weighted by Gasteiger charge is -2.36. The second-order valence-electron chi connectivity index (χ2n) is 9.53. The molecule has 1 fully saturated rings. The van der Waals surface area contributed by atoms with E-state index in [0.29, 0.717) is 34.2 Å². The van der Waals surface area contributed by atoms with Gasteiger partial charge in [-0.15, -0.1) is 0 Å². The third kappa shape index (κ3) is 5.45. The largest absolute Gasteiger partial charge is 0.497 e. The Kier molecular flexibility index (Phi) is 7.35. The highest BCUT2D eigenvalue weighted by Crippen LogP contribution is 2.26. The second-order valence-corrected chi connectivity index (χ2v) is 9.53. The van der Waals surface area contributed by atoms with E-state index in [0.717, 1.165) is 31.6 Å². The monoisotopic (exact) mass is 478 g/mol. The second kappa shape index (κ2) is 10.4. The Morgan fingerprint density at radius 2 is 1.97 bits per heavy atom. The van der Waals surface area contributed by atoms with E-state index in [9.17, 15) is 9.59 Å². The first-order valence-electron chi connectivity index (χ1n) is 12.0. The van der Waals surface area contributed by atoms with Crippen molar-refractivity contribution < 1.29 is 9.53 Å². The fourth-order valence-corrected chi connectivity index (χ4v) is 4.55. The molecule has 0 bridgehead atoms. The summed E-state index contributed by atoms with van der Waals surface area (Å²) >= 11 is 0. The van der Waals surface area contributed by atoms with Crippen LogP contribution in [0.15, 0.2) is 41.3 Å². The first-order valence-corrected chi connectivity index (χ1v) is 12.0. The molecule has 0 atom stereocenters. The highest BCUT2D eigenvalue weighted by molar-refractivity contribution is 5.82. The standard InChI is InChI=1S/C26H34N6O3/c1-17(2)28-23(33)16-32-25(18-7-6-8-21(13-18)35-5)29-24-22(26(32)34)14-20(15-27-24)31-11-9-19(10-12-31)30(3)4/h6-8,13-15,17,19H,9-12,16H2,1-5H3,(H,28,33). The molecule has 1 aliphatic heterocycles. The van der Waals surface area contributed by atoms with E-state index in [-0.39, 0.29) is 24.1 Å². The number of carbonyl (C=O) groups is 1. The number of methoxy groups -OCH3 is 1. The SMILES string of the molecule is COc1cccc(-c2nc3ncc(N4CCC(N(C)C)CC4)cc3c(=O)n2CC(=O)NC(C)C)c1. The number of rotatable bonds is 7. The van der Waals surface area contributed by atoms with E-state index in [2.05, 4.69) is 34.2 Å². The number of carbonyl (C=O) groups excluding carboxylic acids is 1. The molecule has 1 N–H and O–H groups in total. The first-order chi connectivity index (χ1) is 16.8. The molecule has 1 saturated heterocycles. The molecule has 0 spiro atoms. The molecule has 186 valence electrons. The van der Waals surface area contributed by atoms with Crippen molar-refractivity contribution in [3.63, 3.8) is 0 Å². The summed E-state index contributed by atoms with van der Waals surface area (Å²) in [5.41, 5.74) is 1.66. The van der Waals surface area contributed by atoms with Crippen molar-refractivity contribution in [2.24, 2.45) is 0 Å². The maximum absolute atomic E-state index is 13.7. The number of anilines is 1. The van der Waals surface area contributed by atoms with Crippen molar-refractivity contribution in [3.8, 4) is 17.1 Å². The van der Waals surface area contributed by atoms with Crippen molar-refractivity contribution in [1.82, 2.24) is 24.8 Å². The van der Waals surface area contributed by atoms with Gasteiger partial charge in [0.1, 0.15) is 18.1 Å². The minimum Gasteiger partial charge on any atom is -0.497 e. The Bertz CT molecular complexity index is 1260. The molecule has 1 aromatic carbocycles. The number of fused-ring (bicyclic) bond motifs is 1. The molecule has 3 heterocycles. The van der Waals surface area contributed by atoms with Crippen molar-refractivity contribution in [3.05, 3.63) is 46.9 Å². The van der Waals surface area contributed by atoms with Crippen molar-refractivity contribution in [2.45, 2.75) is 45.3 Å². The highest BCUT2D eigenvalue weighted by Gasteiger charge is 2.23. The van der Waals surface area contributed by atoms with Gasteiger partial charge in [0, 0.05) is 30.7 Å². The van der Waals surface area contributed by atoms with Gasteiger partial charge in [-0.3, -0.25) is 14.2 Å². The molecule has 4 rings (SSSR count). The maximum atomic E-state index is 13.7. The number of hydrogen-bond donors (Lipinski definition) is 1. The first kappa shape index (κ1) is 24.7. The Morgan fingerprint density at radius 3 is 2.63 bits per heavy atom. The van der Waals surface area contributed by atoms with Gasteiger partial charge in [0.15, 0.2) is 5.65 Å². The molecule has 35 heavy (non-hydrogen) atoms. The van der Waals surface area contributed by atoms with Crippen LogP contribution in [0.2, 0.25) is 0 Å². The quantitative estimate of drug-likeness (QED) is 0.558. The maximum Gasteiger partial charge on any atom is 0.263 e. The van der Waals surface area contributed by atoms with E-state index >= 15 is 0 Å². The lowest BCUT2D eigenvalue weighted by molar-refractivity contribution is -0.122. The number of benzene rings is 1. The fraction of sp³-hybridized carbons (Fsp3) is 0.462. The topological polar surface area (TPSA) is 92.6 Å². The van der Waals surface area contributed by atoms with Crippen LogP contribution in [0, 0.1) is 0 Å². The molecular formula is C26H34N6O3. The molecule has 1 amide bonds. The summed E-state index contributed by atoms with van der Waals surface area (Å²) in [4.78, 5) is 40.2. The van der Waals surface area contributed by atoms with E-state index < -0.39 is 0 Å². The molecule has 9 nitrogen and oxygen atoms in total. The molecule has 9 heteroatoms. The summed E-state index contributed by atoms with van der Waals surface area (Å²) in [5, 5.41) is 3.27. The lowest BCUT2D eigenvalue weighted by Crippen LogP contribution is -2.42. The number of pyridine rings is 1. The summed E-state index contributed by atoms with van der Waals surface area (Å²) < 4.78 is 6.78. The van der Waals surface area contributed by atoms with Gasteiger partial charge >= 0.3 is 0 Å². The smallest absolute Gasteiger partial charge is 0.263 e. The Hall–Kier alpha value is -3.46. The van der Waals surface area contributed by atoms with Gasteiger partial charge < -0.3 is 19.9 Å². The number of hydrogen-bond acceptors (Lipinski definition) is 7. The van der Waals surface area contributed by atoms with Gasteiger partial charge in [-0.25, -0.2) is 9.97 Å². The number of amides is 1. The summed E-state index contributed by atoms with van der Waals surface area (Å²) in [6.45, 7) is 5.44. The Balaban J connectivity index is 1.77. The summed E-state index contributed by atoms with van der Waals surface area (Å²) in [6, 6.07) is 9.68. The van der Waals surface area contributed by atoms with E-state index in [1.807, 2.05) is 38.1 Å². The van der Waals surface area contributed by atoms with Crippen LogP contribution in [0.4, 0.5) is 5.69 Å². The number of nitrogens with zero attached hydrogens (tertiary/aromatic N) is 5. The van der Waals surface area contributed by atoms with Crippen LogP contribution in [-0.4, -0.2) is 71.7 Å². The van der Waals surface area contributed by atoms with Crippen LogP contribution < -0.4 is 20.5 Å². The van der Waals surface area contributed by atoms with Crippen LogP contribution in [0.1, 0.15) is 26.7 Å². The summed E-state index contributed by atoms with van der Waals surface area (Å²) in [7, 11) is 5.81. The molecule has 0 unspecified atom stereocenters. The normalized spacial score (nSPS) is 14.7. The van der Waals surface area contributed by atoms with Gasteiger partial charge in [-0.2, -0.15) is 0 Å². The Morgan fingerprint density at radius 1 is 1.23 bits per heavy atom. The molecule has 3 aromatic rings. The van der Waals surface area contributed by atoms with Crippen LogP contribution in [0.5, 0.6) is 5.75 Å². The van der Waals surface area contributed by atoms with Crippen LogP contribution >= 0.6 is 0 Å². The predicted molar refractivity (Wildman–Crippen MR) is 138 cm³/mol. The fourth-order valence-electron chi connectivity index (χ4n) is 4.55. The van der Waals surface area contributed by atoms with Gasteiger partial charge in [-0.1, -0.05) is 12.1 Å². The Labute approximate surface area is 205 Å². The minimum absolute atomic E-state index is 0.0368. The molecule has 0 saturated carbocycles. The minimum atomic E-state index is -0.288. The van der Waals surface area contributed by atoms with Crippen LogP contribution in [0.3, 0.4) is 0 Å². The van der Waals surface area contributed by atoms with Crippen LogP contribution in [0.25, 0.3) is 22.4 Å². The van der Waals surface area contributed by atoms with Crippen molar-refractivity contribution in [2.75, 3.05) is 39.2 Å². The van der Waals surface area contributed by atoms with Crippen molar-refractivity contribution in [1.29, 1.82) is 0 Å². The van der Waals surface area contributed by atoms with Crippen molar-refractivity contribution >= 4 is 22.6 Å². The summed E-state index contributed by atoms with van der Waals surface area (Å²) in [6.07, 6.45) is 3.89. The predicted octanol–water partition coefficient (Wildman–Crippen LogP) is 2.52. The average molecular weight is 479 g/mol. The zero-order chi connectivity index (χ0) is 25.1. The van der Waals surface area contributed by atoms with Gasteiger partial charge in [0.2, 0.25) is 5.91 Å². The van der Waals surface area contributed by atoms with E-state index in [1.165, 1.54) is 4.57 Å². The van der Waals surface area contributed by atoms with E-state index in [4.69, 9.17) is 9.72 Å². The third-order valence-corrected chi connectivity index (χ3v) is 6.43.